The van der Waals surface area contributed by atoms with Gasteiger partial charge in [0.15, 0.2) is 0 Å². The lowest BCUT2D eigenvalue weighted by Gasteiger charge is -2.19. The molecule has 84 valence electrons. The van der Waals surface area contributed by atoms with Crippen molar-refractivity contribution < 1.29 is 4.74 Å². The largest absolute Gasteiger partial charge is 0.380 e. The number of rotatable bonds is 6. The van der Waals surface area contributed by atoms with E-state index in [1.165, 1.54) is 5.56 Å². The minimum absolute atomic E-state index is 0.211. The molecule has 0 saturated carbocycles. The fourth-order valence-electron chi connectivity index (χ4n) is 1.41. The third-order valence-electron chi connectivity index (χ3n) is 2.49. The first kappa shape index (κ1) is 12.2. The van der Waals surface area contributed by atoms with E-state index < -0.39 is 0 Å². The molecule has 3 heteroatoms. The third-order valence-corrected chi connectivity index (χ3v) is 2.49. The topological polar surface area (TPSA) is 47.3 Å². The van der Waals surface area contributed by atoms with Gasteiger partial charge in [-0.2, -0.15) is 0 Å². The number of benzene rings is 1. The first-order valence-corrected chi connectivity index (χ1v) is 5.29. The monoisotopic (exact) mass is 208 g/mol. The van der Waals surface area contributed by atoms with Gasteiger partial charge in [0, 0.05) is 26.2 Å². The van der Waals surface area contributed by atoms with Crippen LogP contribution in [0, 0.1) is 0 Å². The van der Waals surface area contributed by atoms with Gasteiger partial charge >= 0.3 is 0 Å². The van der Waals surface area contributed by atoms with E-state index >= 15 is 0 Å². The van der Waals surface area contributed by atoms with Gasteiger partial charge in [-0.1, -0.05) is 30.3 Å². The summed E-state index contributed by atoms with van der Waals surface area (Å²) in [7, 11) is 1.71. The van der Waals surface area contributed by atoms with Crippen molar-refractivity contribution in [1.29, 1.82) is 0 Å². The van der Waals surface area contributed by atoms with Crippen molar-refractivity contribution in [2.45, 2.75) is 19.1 Å². The molecule has 0 fully saturated rings. The van der Waals surface area contributed by atoms with Crippen LogP contribution in [-0.2, 0) is 4.74 Å². The van der Waals surface area contributed by atoms with E-state index in [4.69, 9.17) is 10.5 Å². The number of hydrogen-bond acceptors (Lipinski definition) is 3. The van der Waals surface area contributed by atoms with Crippen LogP contribution in [0.5, 0.6) is 0 Å². The Hall–Kier alpha value is -0.900. The molecule has 0 aliphatic heterocycles. The van der Waals surface area contributed by atoms with E-state index in [1.54, 1.807) is 7.11 Å². The summed E-state index contributed by atoms with van der Waals surface area (Å²) in [6.45, 7) is 3.44. The maximum absolute atomic E-state index is 5.73. The summed E-state index contributed by atoms with van der Waals surface area (Å²) in [5.74, 6) is 0. The summed E-state index contributed by atoms with van der Waals surface area (Å²) >= 11 is 0. The highest BCUT2D eigenvalue weighted by molar-refractivity contribution is 5.19. The molecular weight excluding hydrogens is 188 g/mol. The van der Waals surface area contributed by atoms with Crippen molar-refractivity contribution in [1.82, 2.24) is 5.32 Å². The second-order valence-corrected chi connectivity index (χ2v) is 3.65. The van der Waals surface area contributed by atoms with Crippen molar-refractivity contribution in [2.24, 2.45) is 5.73 Å². The van der Waals surface area contributed by atoms with E-state index in [2.05, 4.69) is 17.4 Å². The Balaban J connectivity index is 2.50. The Morgan fingerprint density at radius 3 is 2.53 bits per heavy atom. The fourth-order valence-corrected chi connectivity index (χ4v) is 1.41. The highest BCUT2D eigenvalue weighted by atomic mass is 16.5. The average molecular weight is 208 g/mol. The van der Waals surface area contributed by atoms with E-state index in [1.807, 2.05) is 25.1 Å². The van der Waals surface area contributed by atoms with Gasteiger partial charge in [-0.05, 0) is 12.5 Å². The summed E-state index contributed by atoms with van der Waals surface area (Å²) in [6.07, 6.45) is 0.211. The predicted octanol–water partition coefficient (Wildman–Crippen LogP) is 1.31. The van der Waals surface area contributed by atoms with Gasteiger partial charge in [0.1, 0.15) is 0 Å². The number of nitrogens with one attached hydrogen (secondary N) is 1. The standard InChI is InChI=1S/C12H20N2O/c1-10(15-2)9-14-12(8-13)11-6-4-3-5-7-11/h3-7,10,12,14H,8-9,13H2,1-2H3. The fraction of sp³-hybridized carbons (Fsp3) is 0.500. The van der Waals surface area contributed by atoms with E-state index in [0.29, 0.717) is 6.54 Å². The quantitative estimate of drug-likeness (QED) is 0.741. The summed E-state index contributed by atoms with van der Waals surface area (Å²) < 4.78 is 5.18. The zero-order valence-corrected chi connectivity index (χ0v) is 9.44. The second kappa shape index (κ2) is 6.56. The third kappa shape index (κ3) is 4.00. The van der Waals surface area contributed by atoms with E-state index in [0.717, 1.165) is 6.54 Å². The minimum atomic E-state index is 0.211. The van der Waals surface area contributed by atoms with Crippen molar-refractivity contribution in [2.75, 3.05) is 20.2 Å². The van der Waals surface area contributed by atoms with Crippen LogP contribution in [0.15, 0.2) is 30.3 Å². The average Bonchev–Trinajstić information content (AvgIpc) is 2.31. The molecule has 0 bridgehead atoms. The van der Waals surface area contributed by atoms with Crippen LogP contribution in [0.4, 0.5) is 0 Å². The van der Waals surface area contributed by atoms with Crippen LogP contribution in [0.25, 0.3) is 0 Å². The molecule has 0 aliphatic carbocycles. The Bertz CT molecular complexity index is 264. The van der Waals surface area contributed by atoms with Crippen molar-refractivity contribution in [3.63, 3.8) is 0 Å². The van der Waals surface area contributed by atoms with Crippen molar-refractivity contribution >= 4 is 0 Å². The molecule has 1 aromatic rings. The first-order chi connectivity index (χ1) is 7.27. The zero-order chi connectivity index (χ0) is 11.1. The molecule has 0 aliphatic rings. The molecule has 0 amide bonds. The molecule has 2 unspecified atom stereocenters. The lowest BCUT2D eigenvalue weighted by atomic mass is 10.1. The smallest absolute Gasteiger partial charge is 0.0667 e. The Kier molecular flexibility index (Phi) is 5.32. The van der Waals surface area contributed by atoms with Gasteiger partial charge in [0.05, 0.1) is 6.10 Å². The summed E-state index contributed by atoms with van der Waals surface area (Å²) in [6, 6.07) is 10.4. The maximum atomic E-state index is 5.73. The van der Waals surface area contributed by atoms with Crippen molar-refractivity contribution in [3.05, 3.63) is 35.9 Å². The second-order valence-electron chi connectivity index (χ2n) is 3.65. The van der Waals surface area contributed by atoms with Crippen LogP contribution in [0.1, 0.15) is 18.5 Å². The van der Waals surface area contributed by atoms with Gasteiger partial charge in [-0.15, -0.1) is 0 Å². The summed E-state index contributed by atoms with van der Waals surface area (Å²) in [5, 5.41) is 3.39. The van der Waals surface area contributed by atoms with E-state index in [-0.39, 0.29) is 12.1 Å². The molecule has 1 rings (SSSR count). The van der Waals surface area contributed by atoms with E-state index in [9.17, 15) is 0 Å². The Morgan fingerprint density at radius 1 is 1.33 bits per heavy atom. The highest BCUT2D eigenvalue weighted by Crippen LogP contribution is 2.10. The zero-order valence-electron chi connectivity index (χ0n) is 9.44. The lowest BCUT2D eigenvalue weighted by Crippen LogP contribution is -2.33. The number of nitrogens with two attached hydrogens (primary N) is 1. The maximum Gasteiger partial charge on any atom is 0.0667 e. The number of methoxy groups -OCH3 is 1. The molecule has 2 atom stereocenters. The van der Waals surface area contributed by atoms with Crippen LogP contribution in [-0.4, -0.2) is 26.3 Å². The summed E-state index contributed by atoms with van der Waals surface area (Å²) in [4.78, 5) is 0. The lowest BCUT2D eigenvalue weighted by molar-refractivity contribution is 0.114. The first-order valence-electron chi connectivity index (χ1n) is 5.29. The van der Waals surface area contributed by atoms with Gasteiger partial charge in [0.2, 0.25) is 0 Å². The Labute approximate surface area is 91.6 Å². The molecule has 0 spiro atoms. The molecular formula is C12H20N2O. The number of ether oxygens (including phenoxy) is 1. The molecule has 1 aromatic carbocycles. The van der Waals surface area contributed by atoms with Crippen LogP contribution < -0.4 is 11.1 Å². The van der Waals surface area contributed by atoms with Gasteiger partial charge in [-0.3, -0.25) is 0 Å². The SMILES string of the molecule is COC(C)CNC(CN)c1ccccc1. The molecule has 0 aromatic heterocycles. The molecule has 0 heterocycles. The summed E-state index contributed by atoms with van der Waals surface area (Å²) in [5.41, 5.74) is 6.95. The normalized spacial score (nSPS) is 14.9. The predicted molar refractivity (Wildman–Crippen MR) is 62.7 cm³/mol. The Morgan fingerprint density at radius 2 is 2.00 bits per heavy atom. The molecule has 0 saturated heterocycles. The highest BCUT2D eigenvalue weighted by Gasteiger charge is 2.09. The van der Waals surface area contributed by atoms with Crippen LogP contribution in [0.2, 0.25) is 0 Å². The van der Waals surface area contributed by atoms with Gasteiger partial charge in [-0.25, -0.2) is 0 Å². The molecule has 3 N–H and O–H groups in total. The van der Waals surface area contributed by atoms with Crippen LogP contribution in [0.3, 0.4) is 0 Å². The molecule has 0 radical (unpaired) electrons. The van der Waals surface area contributed by atoms with Crippen LogP contribution >= 0.6 is 0 Å². The minimum Gasteiger partial charge on any atom is -0.380 e. The molecule has 15 heavy (non-hydrogen) atoms. The van der Waals surface area contributed by atoms with Gasteiger partial charge in [0.25, 0.3) is 0 Å². The van der Waals surface area contributed by atoms with Crippen molar-refractivity contribution in [3.8, 4) is 0 Å². The van der Waals surface area contributed by atoms with Gasteiger partial charge < -0.3 is 15.8 Å². The molecule has 3 nitrogen and oxygen atoms in total. The number of hydrogen-bond donors (Lipinski definition) is 2.